The molecule has 2 heterocycles. The highest BCUT2D eigenvalue weighted by Gasteiger charge is 2.18. The van der Waals surface area contributed by atoms with Crippen molar-refractivity contribution in [1.82, 2.24) is 14.8 Å². The number of pyridine rings is 1. The Kier molecular flexibility index (Phi) is 3.64. The Hall–Kier alpha value is -2.30. The van der Waals surface area contributed by atoms with E-state index in [-0.39, 0.29) is 11.5 Å². The molecule has 0 unspecified atom stereocenters. The number of alkyl halides is 2. The molecule has 0 amide bonds. The van der Waals surface area contributed by atoms with E-state index in [0.29, 0.717) is 11.1 Å². The molecule has 0 aliphatic carbocycles. The van der Waals surface area contributed by atoms with Crippen LogP contribution >= 0.6 is 0 Å². The number of fused-ring (bicyclic) bond motifs is 1. The van der Waals surface area contributed by atoms with Crippen LogP contribution in [0.5, 0.6) is 0 Å². The Bertz CT molecular complexity index is 822. The first kappa shape index (κ1) is 14.6. The van der Waals surface area contributed by atoms with Gasteiger partial charge < -0.3 is 0 Å². The number of benzene rings is 1. The Morgan fingerprint density at radius 2 is 1.82 bits per heavy atom. The van der Waals surface area contributed by atoms with Gasteiger partial charge in [0.1, 0.15) is 0 Å². The van der Waals surface area contributed by atoms with E-state index in [1.54, 1.807) is 48.6 Å². The third-order valence-corrected chi connectivity index (χ3v) is 3.83. The quantitative estimate of drug-likeness (QED) is 0.702. The normalized spacial score (nSPS) is 11.8. The van der Waals surface area contributed by atoms with E-state index < -0.39 is 6.43 Å². The molecule has 3 rings (SSSR count). The third-order valence-electron chi connectivity index (χ3n) is 3.83. The molecule has 114 valence electrons. The third kappa shape index (κ3) is 2.47. The zero-order chi connectivity index (χ0) is 15.9. The van der Waals surface area contributed by atoms with Crippen molar-refractivity contribution in [2.75, 3.05) is 0 Å². The summed E-state index contributed by atoms with van der Waals surface area (Å²) in [6, 6.07) is 3.38. The molecule has 3 aromatic rings. The van der Waals surface area contributed by atoms with Gasteiger partial charge in [0.2, 0.25) is 0 Å². The van der Waals surface area contributed by atoms with Gasteiger partial charge in [-0.3, -0.25) is 9.67 Å². The van der Waals surface area contributed by atoms with Crippen LogP contribution in [0.25, 0.3) is 21.9 Å². The maximum absolute atomic E-state index is 13.5. The van der Waals surface area contributed by atoms with Gasteiger partial charge in [0.25, 0.3) is 6.43 Å². The number of aromatic nitrogens is 3. The summed E-state index contributed by atoms with van der Waals surface area (Å²) >= 11 is 0. The van der Waals surface area contributed by atoms with Crippen molar-refractivity contribution in [3.8, 4) is 11.1 Å². The van der Waals surface area contributed by atoms with Crippen LogP contribution in [0.4, 0.5) is 8.78 Å². The Morgan fingerprint density at radius 3 is 2.41 bits per heavy atom. The molecule has 0 radical (unpaired) electrons. The summed E-state index contributed by atoms with van der Waals surface area (Å²) in [5.74, 6) is 0.228. The Morgan fingerprint density at radius 1 is 1.05 bits per heavy atom. The molecular weight excluding hydrogens is 284 g/mol. The molecule has 1 aromatic carbocycles. The topological polar surface area (TPSA) is 30.7 Å². The zero-order valence-electron chi connectivity index (χ0n) is 12.7. The summed E-state index contributed by atoms with van der Waals surface area (Å²) in [6.07, 6.45) is 4.29. The van der Waals surface area contributed by atoms with E-state index in [0.717, 1.165) is 16.3 Å². The highest BCUT2D eigenvalue weighted by Crippen LogP contribution is 2.36. The van der Waals surface area contributed by atoms with E-state index in [1.165, 1.54) is 0 Å². The first-order valence-corrected chi connectivity index (χ1v) is 7.16. The fraction of sp³-hybridized carbons (Fsp3) is 0.294. The van der Waals surface area contributed by atoms with Gasteiger partial charge in [0.15, 0.2) is 0 Å². The summed E-state index contributed by atoms with van der Waals surface area (Å²) < 4.78 is 28.7. The molecule has 0 aliphatic heterocycles. The van der Waals surface area contributed by atoms with Gasteiger partial charge in [-0.25, -0.2) is 8.78 Å². The molecule has 5 heteroatoms. The number of hydrogen-bond donors (Lipinski definition) is 0. The summed E-state index contributed by atoms with van der Waals surface area (Å²) in [5, 5.41) is 5.79. The fourth-order valence-electron chi connectivity index (χ4n) is 2.71. The molecule has 0 N–H and O–H groups in total. The minimum Gasteiger partial charge on any atom is -0.275 e. The van der Waals surface area contributed by atoms with E-state index >= 15 is 0 Å². The molecule has 0 atom stereocenters. The molecule has 0 saturated heterocycles. The second-order valence-corrected chi connectivity index (χ2v) is 5.75. The van der Waals surface area contributed by atoms with Gasteiger partial charge in [0.05, 0.1) is 6.20 Å². The first-order valence-electron chi connectivity index (χ1n) is 7.16. The van der Waals surface area contributed by atoms with E-state index in [2.05, 4.69) is 10.1 Å². The van der Waals surface area contributed by atoms with E-state index in [9.17, 15) is 8.78 Å². The number of nitrogens with zero attached hydrogens (tertiary/aromatic N) is 3. The van der Waals surface area contributed by atoms with Gasteiger partial charge in [-0.15, -0.1) is 0 Å². The minimum atomic E-state index is -2.53. The molecule has 0 fully saturated rings. The Labute approximate surface area is 127 Å². The van der Waals surface area contributed by atoms with Gasteiger partial charge in [-0.1, -0.05) is 13.8 Å². The second kappa shape index (κ2) is 5.48. The van der Waals surface area contributed by atoms with Crippen LogP contribution in [0, 0.1) is 0 Å². The highest BCUT2D eigenvalue weighted by molar-refractivity contribution is 5.91. The summed E-state index contributed by atoms with van der Waals surface area (Å²) in [4.78, 5) is 4.24. The van der Waals surface area contributed by atoms with E-state index in [1.807, 2.05) is 13.8 Å². The van der Waals surface area contributed by atoms with Crippen LogP contribution in [0.3, 0.4) is 0 Å². The fourth-order valence-corrected chi connectivity index (χ4v) is 2.71. The van der Waals surface area contributed by atoms with Crippen molar-refractivity contribution in [3.63, 3.8) is 0 Å². The maximum atomic E-state index is 13.5. The number of rotatable bonds is 3. The van der Waals surface area contributed by atoms with Crippen molar-refractivity contribution in [2.24, 2.45) is 7.05 Å². The largest absolute Gasteiger partial charge is 0.275 e. The Balaban J connectivity index is 2.31. The van der Waals surface area contributed by atoms with Gasteiger partial charge in [-0.05, 0) is 34.6 Å². The molecule has 0 bridgehead atoms. The predicted octanol–water partition coefficient (Wildman–Crippen LogP) is 4.70. The van der Waals surface area contributed by atoms with Crippen molar-refractivity contribution >= 4 is 10.8 Å². The van der Waals surface area contributed by atoms with Crippen molar-refractivity contribution in [2.45, 2.75) is 26.2 Å². The van der Waals surface area contributed by atoms with E-state index in [4.69, 9.17) is 0 Å². The average Bonchev–Trinajstić information content (AvgIpc) is 2.91. The summed E-state index contributed by atoms with van der Waals surface area (Å²) in [7, 11) is 1.77. The smallest absolute Gasteiger partial charge is 0.264 e. The van der Waals surface area contributed by atoms with Crippen LogP contribution in [-0.4, -0.2) is 14.8 Å². The minimum absolute atomic E-state index is 0.0357. The molecular formula is C17H17F2N3. The number of aryl methyl sites for hydroxylation is 1. The average molecular weight is 301 g/mol. The van der Waals surface area contributed by atoms with Crippen molar-refractivity contribution in [3.05, 3.63) is 48.0 Å². The lowest BCUT2D eigenvalue weighted by molar-refractivity contribution is 0.152. The molecule has 0 saturated carbocycles. The first-order chi connectivity index (χ1) is 10.5. The van der Waals surface area contributed by atoms with Gasteiger partial charge in [-0.2, -0.15) is 5.10 Å². The standard InChI is InChI=1S/C17H17F2N3/c1-10(2)16-8-20-6-11-4-13(12-7-21-22(3)9-12)15(17(18)19)5-14(11)16/h4-10,17H,1-3H3. The van der Waals surface area contributed by atoms with Gasteiger partial charge >= 0.3 is 0 Å². The predicted molar refractivity (Wildman–Crippen MR) is 83.0 cm³/mol. The highest BCUT2D eigenvalue weighted by atomic mass is 19.3. The molecule has 0 aliphatic rings. The SMILES string of the molecule is CC(C)c1cncc2cc(-c3cnn(C)c3)c(C(F)F)cc12. The molecule has 3 nitrogen and oxygen atoms in total. The lowest BCUT2D eigenvalue weighted by atomic mass is 9.93. The monoisotopic (exact) mass is 301 g/mol. The zero-order valence-corrected chi connectivity index (χ0v) is 12.7. The maximum Gasteiger partial charge on any atom is 0.264 e. The lowest BCUT2D eigenvalue weighted by Gasteiger charge is -2.14. The molecule has 0 spiro atoms. The van der Waals surface area contributed by atoms with Crippen LogP contribution in [-0.2, 0) is 7.05 Å². The molecule has 2 aromatic heterocycles. The van der Waals surface area contributed by atoms with Crippen molar-refractivity contribution < 1.29 is 8.78 Å². The van der Waals surface area contributed by atoms with Gasteiger partial charge in [0, 0.05) is 42.2 Å². The number of halogens is 2. The lowest BCUT2D eigenvalue weighted by Crippen LogP contribution is -1.96. The van der Waals surface area contributed by atoms with Crippen LogP contribution in [0.1, 0.15) is 37.3 Å². The van der Waals surface area contributed by atoms with Crippen LogP contribution < -0.4 is 0 Å². The van der Waals surface area contributed by atoms with Crippen LogP contribution in [0.15, 0.2) is 36.9 Å². The molecule has 22 heavy (non-hydrogen) atoms. The summed E-state index contributed by atoms with van der Waals surface area (Å²) in [6.45, 7) is 4.07. The number of hydrogen-bond acceptors (Lipinski definition) is 2. The summed E-state index contributed by atoms with van der Waals surface area (Å²) in [5.41, 5.74) is 2.22. The second-order valence-electron chi connectivity index (χ2n) is 5.75. The van der Waals surface area contributed by atoms with Crippen molar-refractivity contribution in [1.29, 1.82) is 0 Å². The van der Waals surface area contributed by atoms with Crippen LogP contribution in [0.2, 0.25) is 0 Å².